The smallest absolute Gasteiger partial charge is 0.275 e. The average molecular weight is 377 g/mol. The molecule has 3 heterocycles. The third kappa shape index (κ3) is 3.94. The fraction of sp³-hybridized carbons (Fsp3) is 0.333. The lowest BCUT2D eigenvalue weighted by atomic mass is 9.97. The van der Waals surface area contributed by atoms with Gasteiger partial charge in [-0.1, -0.05) is 24.3 Å². The summed E-state index contributed by atoms with van der Waals surface area (Å²) in [6.45, 7) is 3.72. The van der Waals surface area contributed by atoms with Crippen LogP contribution in [0.25, 0.3) is 10.8 Å². The third-order valence-electron chi connectivity index (χ3n) is 5.11. The molecule has 7 nitrogen and oxygen atoms in total. The third-order valence-corrected chi connectivity index (χ3v) is 5.11. The second kappa shape index (κ2) is 7.90. The zero-order chi connectivity index (χ0) is 19.5. The number of rotatable bonds is 4. The van der Waals surface area contributed by atoms with Gasteiger partial charge in [0.25, 0.3) is 5.56 Å². The first-order valence-corrected chi connectivity index (χ1v) is 9.52. The minimum Gasteiger partial charge on any atom is -0.310 e. The molecule has 1 aromatic carbocycles. The molecule has 1 amide bonds. The lowest BCUT2D eigenvalue weighted by molar-refractivity contribution is -0.121. The van der Waals surface area contributed by atoms with E-state index in [1.54, 1.807) is 12.3 Å². The Labute approximate surface area is 163 Å². The maximum Gasteiger partial charge on any atom is 0.275 e. The SMILES string of the molecule is Cc1cccc(NC(=O)C2CCCN(Cn3ncc4ccccc4c3=O)C2)n1. The van der Waals surface area contributed by atoms with Crippen molar-refractivity contribution in [3.05, 3.63) is 64.7 Å². The molecule has 1 aliphatic heterocycles. The number of fused-ring (bicyclic) bond motifs is 1. The number of hydrogen-bond donors (Lipinski definition) is 1. The highest BCUT2D eigenvalue weighted by Gasteiger charge is 2.26. The van der Waals surface area contributed by atoms with Gasteiger partial charge in [0.15, 0.2) is 0 Å². The van der Waals surface area contributed by atoms with Crippen LogP contribution < -0.4 is 10.9 Å². The van der Waals surface area contributed by atoms with Crippen molar-refractivity contribution in [2.24, 2.45) is 5.92 Å². The topological polar surface area (TPSA) is 80.1 Å². The van der Waals surface area contributed by atoms with E-state index in [1.807, 2.05) is 43.3 Å². The molecule has 144 valence electrons. The van der Waals surface area contributed by atoms with E-state index in [9.17, 15) is 9.59 Å². The van der Waals surface area contributed by atoms with Crippen LogP contribution in [-0.4, -0.2) is 38.7 Å². The first-order valence-electron chi connectivity index (χ1n) is 9.52. The van der Waals surface area contributed by atoms with Crippen molar-refractivity contribution in [2.75, 3.05) is 18.4 Å². The molecule has 1 atom stereocenters. The Kier molecular flexibility index (Phi) is 5.16. The number of likely N-dealkylation sites (tertiary alicyclic amines) is 1. The maximum absolute atomic E-state index is 12.7. The molecule has 0 saturated carbocycles. The monoisotopic (exact) mass is 377 g/mol. The Hall–Kier alpha value is -3.06. The van der Waals surface area contributed by atoms with E-state index in [4.69, 9.17) is 0 Å². The van der Waals surface area contributed by atoms with E-state index < -0.39 is 0 Å². The van der Waals surface area contributed by atoms with E-state index in [0.717, 1.165) is 30.5 Å². The molecule has 1 fully saturated rings. The molecular weight excluding hydrogens is 354 g/mol. The zero-order valence-electron chi connectivity index (χ0n) is 15.8. The van der Waals surface area contributed by atoms with Crippen LogP contribution in [0.15, 0.2) is 53.5 Å². The number of pyridine rings is 1. The van der Waals surface area contributed by atoms with Crippen molar-refractivity contribution in [1.82, 2.24) is 19.7 Å². The Balaban J connectivity index is 1.45. The van der Waals surface area contributed by atoms with Crippen LogP contribution >= 0.6 is 0 Å². The minimum atomic E-state index is -0.132. The Bertz CT molecular complexity index is 1060. The fourth-order valence-electron chi connectivity index (χ4n) is 3.66. The van der Waals surface area contributed by atoms with Gasteiger partial charge in [-0.25, -0.2) is 9.67 Å². The quantitative estimate of drug-likeness (QED) is 0.755. The van der Waals surface area contributed by atoms with Gasteiger partial charge < -0.3 is 5.32 Å². The van der Waals surface area contributed by atoms with Crippen molar-refractivity contribution in [3.8, 4) is 0 Å². The number of benzene rings is 1. The summed E-state index contributed by atoms with van der Waals surface area (Å²) in [5.74, 6) is 0.420. The molecule has 1 unspecified atom stereocenters. The summed E-state index contributed by atoms with van der Waals surface area (Å²) in [4.78, 5) is 31.8. The fourth-order valence-corrected chi connectivity index (χ4v) is 3.66. The molecule has 0 bridgehead atoms. The van der Waals surface area contributed by atoms with Crippen LogP contribution in [0, 0.1) is 12.8 Å². The molecule has 2 aromatic heterocycles. The highest BCUT2D eigenvalue weighted by molar-refractivity contribution is 5.91. The maximum atomic E-state index is 12.7. The first-order chi connectivity index (χ1) is 13.6. The van der Waals surface area contributed by atoms with Crippen LogP contribution in [0.1, 0.15) is 18.5 Å². The molecule has 4 rings (SSSR count). The Morgan fingerprint density at radius 1 is 1.21 bits per heavy atom. The minimum absolute atomic E-state index is 0.0263. The van der Waals surface area contributed by atoms with Gasteiger partial charge >= 0.3 is 0 Å². The van der Waals surface area contributed by atoms with Crippen molar-refractivity contribution in [2.45, 2.75) is 26.4 Å². The molecule has 1 saturated heterocycles. The molecule has 7 heteroatoms. The van der Waals surface area contributed by atoms with Gasteiger partial charge in [-0.2, -0.15) is 5.10 Å². The Morgan fingerprint density at radius 3 is 2.93 bits per heavy atom. The largest absolute Gasteiger partial charge is 0.310 e. The van der Waals surface area contributed by atoms with Crippen molar-refractivity contribution in [1.29, 1.82) is 0 Å². The van der Waals surface area contributed by atoms with E-state index in [2.05, 4.69) is 20.3 Å². The summed E-state index contributed by atoms with van der Waals surface area (Å²) >= 11 is 0. The number of nitrogens with one attached hydrogen (secondary N) is 1. The van der Waals surface area contributed by atoms with E-state index in [1.165, 1.54) is 4.68 Å². The van der Waals surface area contributed by atoms with E-state index in [0.29, 0.717) is 24.4 Å². The number of aryl methyl sites for hydroxylation is 1. The second-order valence-electron chi connectivity index (χ2n) is 7.25. The van der Waals surface area contributed by atoms with Crippen LogP contribution in [-0.2, 0) is 11.5 Å². The second-order valence-corrected chi connectivity index (χ2v) is 7.25. The van der Waals surface area contributed by atoms with Crippen LogP contribution in [0.4, 0.5) is 5.82 Å². The lowest BCUT2D eigenvalue weighted by Crippen LogP contribution is -2.43. The number of carbonyl (C=O) groups is 1. The Morgan fingerprint density at radius 2 is 2.07 bits per heavy atom. The number of piperidine rings is 1. The first kappa shape index (κ1) is 18.3. The molecule has 28 heavy (non-hydrogen) atoms. The van der Waals surface area contributed by atoms with Crippen LogP contribution in [0.3, 0.4) is 0 Å². The summed E-state index contributed by atoms with van der Waals surface area (Å²) in [5.41, 5.74) is 0.762. The highest BCUT2D eigenvalue weighted by Crippen LogP contribution is 2.19. The number of nitrogens with zero attached hydrogens (tertiary/aromatic N) is 4. The summed E-state index contributed by atoms with van der Waals surface area (Å²) in [5, 5.41) is 8.71. The van der Waals surface area contributed by atoms with Gasteiger partial charge in [-0.3, -0.25) is 14.5 Å². The molecule has 0 radical (unpaired) electrons. The number of anilines is 1. The van der Waals surface area contributed by atoms with Crippen molar-refractivity contribution in [3.63, 3.8) is 0 Å². The standard InChI is InChI=1S/C21H23N5O2/c1-15-6-4-10-19(23-15)24-20(27)17-8-5-11-25(13-17)14-26-21(28)18-9-3-2-7-16(18)12-22-26/h2-4,6-7,9-10,12,17H,5,8,11,13-14H2,1H3,(H,23,24,27). The highest BCUT2D eigenvalue weighted by atomic mass is 16.2. The number of amides is 1. The molecule has 1 N–H and O–H groups in total. The van der Waals surface area contributed by atoms with Crippen molar-refractivity contribution >= 4 is 22.5 Å². The molecule has 0 spiro atoms. The summed E-state index contributed by atoms with van der Waals surface area (Å²) < 4.78 is 1.48. The van der Waals surface area contributed by atoms with Gasteiger partial charge in [0, 0.05) is 17.6 Å². The predicted molar refractivity (Wildman–Crippen MR) is 108 cm³/mol. The number of hydrogen-bond acceptors (Lipinski definition) is 5. The molecular formula is C21H23N5O2. The van der Waals surface area contributed by atoms with Gasteiger partial charge in [-0.05, 0) is 44.5 Å². The van der Waals surface area contributed by atoms with Gasteiger partial charge in [0.05, 0.1) is 24.2 Å². The number of carbonyl (C=O) groups excluding carboxylic acids is 1. The van der Waals surface area contributed by atoms with E-state index in [-0.39, 0.29) is 17.4 Å². The zero-order valence-corrected chi connectivity index (χ0v) is 15.8. The lowest BCUT2D eigenvalue weighted by Gasteiger charge is -2.31. The van der Waals surface area contributed by atoms with Gasteiger partial charge in [0.1, 0.15) is 5.82 Å². The van der Waals surface area contributed by atoms with Gasteiger partial charge in [-0.15, -0.1) is 0 Å². The van der Waals surface area contributed by atoms with E-state index >= 15 is 0 Å². The van der Waals surface area contributed by atoms with Crippen LogP contribution in [0.2, 0.25) is 0 Å². The summed E-state index contributed by atoms with van der Waals surface area (Å²) in [6, 6.07) is 13.0. The molecule has 1 aliphatic rings. The summed E-state index contributed by atoms with van der Waals surface area (Å²) in [7, 11) is 0. The predicted octanol–water partition coefficient (Wildman–Crippen LogP) is 2.41. The average Bonchev–Trinajstić information content (AvgIpc) is 2.70. The molecule has 0 aliphatic carbocycles. The summed E-state index contributed by atoms with van der Waals surface area (Å²) in [6.07, 6.45) is 3.45. The molecule has 3 aromatic rings. The van der Waals surface area contributed by atoms with Crippen molar-refractivity contribution < 1.29 is 4.79 Å². The normalized spacial score (nSPS) is 17.5. The van der Waals surface area contributed by atoms with Crippen LogP contribution in [0.5, 0.6) is 0 Å². The number of aromatic nitrogens is 3. The van der Waals surface area contributed by atoms with Gasteiger partial charge in [0.2, 0.25) is 5.91 Å².